The molecular formula is C50B30. The average molecular weight is 925 g/mol. The van der Waals surface area contributed by atoms with E-state index in [2.05, 4.69) is 0 Å². The Morgan fingerprint density at radius 3 is 0.487 bits per heavy atom. The van der Waals surface area contributed by atoms with Gasteiger partial charge in [-0.1, -0.05) is 126 Å². The summed E-state index contributed by atoms with van der Waals surface area (Å²) in [6.07, 6.45) is 0. The van der Waals surface area contributed by atoms with E-state index < -0.39 is 0 Å². The Morgan fingerprint density at radius 1 is 0.0750 bits per heavy atom. The topological polar surface area (TPSA) is 0 Å². The Hall–Kier alpha value is -4.55. The van der Waals surface area contributed by atoms with Gasteiger partial charge in [0.1, 0.15) is 235 Å². The molecule has 0 bridgehead atoms. The van der Waals surface area contributed by atoms with Gasteiger partial charge < -0.3 is 0 Å². The lowest BCUT2D eigenvalue weighted by Gasteiger charge is -2.35. The molecule has 30 heteroatoms. The molecule has 0 amide bonds. The summed E-state index contributed by atoms with van der Waals surface area (Å²) in [5.74, 6) is 0. The molecule has 0 N–H and O–H groups in total. The molecule has 0 saturated carbocycles. The van der Waals surface area contributed by atoms with Crippen LogP contribution in [0.5, 0.6) is 0 Å². The fraction of sp³-hybridized carbons (Fsp3) is 0. The van der Waals surface area contributed by atoms with Gasteiger partial charge in [0.25, 0.3) is 0 Å². The molecule has 0 aliphatic heterocycles. The third-order valence-electron chi connectivity index (χ3n) is 16.2. The summed E-state index contributed by atoms with van der Waals surface area (Å²) in [5.41, 5.74) is -6.26. The van der Waals surface area contributed by atoms with Crippen LogP contribution in [0.1, 0.15) is 0 Å². The SMILES string of the molecule is [B]c1c([B])c([B])c(-c2c([B])c(-c3c([B])c([B])c([B])c([B])c3-c3c([B])c([B])c4c([B])c([B])c5c([B])c([B])c([B])c6c([B])c([B])c3c4c56)c([B])c(-c3c([B])c([B])c4c([B])c([B])c5c([B])c([B])c([B])c6c([B])c([B])c3c4c56)c2[B])c([B])c1[B]. The normalized spacial score (nSPS) is 12.0. The second-order valence-corrected chi connectivity index (χ2v) is 19.9. The molecule has 0 unspecified atom stereocenters. The Labute approximate surface area is 504 Å². The van der Waals surface area contributed by atoms with E-state index in [0.29, 0.717) is 0 Å². The van der Waals surface area contributed by atoms with Gasteiger partial charge in [0.15, 0.2) is 0 Å². The van der Waals surface area contributed by atoms with Crippen LogP contribution in [0.3, 0.4) is 0 Å². The maximum absolute atomic E-state index is 7.65. The third kappa shape index (κ3) is 6.95. The van der Waals surface area contributed by atoms with Crippen LogP contribution in [-0.4, -0.2) is 235 Å². The Balaban J connectivity index is 1.45. The van der Waals surface area contributed by atoms with Gasteiger partial charge in [-0.3, -0.25) is 0 Å². The summed E-state index contributed by atoms with van der Waals surface area (Å²) in [4.78, 5) is 0. The van der Waals surface area contributed by atoms with Crippen molar-refractivity contribution in [2.75, 3.05) is 0 Å². The first-order chi connectivity index (χ1) is 37.3. The Kier molecular flexibility index (Phi) is 13.6. The minimum atomic E-state index is -0.339. The van der Waals surface area contributed by atoms with E-state index in [1.54, 1.807) is 0 Å². The summed E-state index contributed by atoms with van der Waals surface area (Å²) < 4.78 is 0. The number of hydrogen-bond donors (Lipinski definition) is 0. The zero-order valence-corrected chi connectivity index (χ0v) is 42.3. The Morgan fingerprint density at radius 2 is 0.200 bits per heavy atom. The maximum atomic E-state index is 7.65. The molecule has 0 fully saturated rings. The summed E-state index contributed by atoms with van der Waals surface area (Å²) in [6, 6.07) is 0. The van der Waals surface area contributed by atoms with Crippen LogP contribution in [-0.2, 0) is 0 Å². The van der Waals surface area contributed by atoms with E-state index >= 15 is 0 Å². The Bertz CT molecular complexity index is 4730. The molecule has 0 aliphatic rings. The molecule has 11 rings (SSSR count). The number of benzene rings is 11. The first-order valence-electron chi connectivity index (χ1n) is 23.7. The van der Waals surface area contributed by atoms with Crippen LogP contribution in [0.2, 0.25) is 0 Å². The van der Waals surface area contributed by atoms with E-state index in [1.165, 1.54) is 0 Å². The van der Waals surface area contributed by atoms with E-state index in [4.69, 9.17) is 235 Å². The van der Waals surface area contributed by atoms with Gasteiger partial charge in [-0.25, -0.2) is 0 Å². The molecule has 11 aromatic carbocycles. The predicted octanol–water partition coefficient (Wildman–Crippen LogP) is -22.0. The fourth-order valence-corrected chi connectivity index (χ4v) is 12.1. The van der Waals surface area contributed by atoms with Gasteiger partial charge in [-0.15, -0.1) is 38.2 Å². The first-order valence-corrected chi connectivity index (χ1v) is 23.7. The van der Waals surface area contributed by atoms with Crippen molar-refractivity contribution in [2.45, 2.75) is 0 Å². The van der Waals surface area contributed by atoms with Crippen molar-refractivity contribution in [1.29, 1.82) is 0 Å². The predicted molar refractivity (Wildman–Crippen MR) is 377 cm³/mol. The van der Waals surface area contributed by atoms with Crippen molar-refractivity contribution in [3.8, 4) is 44.5 Å². The fourth-order valence-electron chi connectivity index (χ4n) is 12.1. The van der Waals surface area contributed by atoms with Crippen molar-refractivity contribution in [1.82, 2.24) is 0 Å². The van der Waals surface area contributed by atoms with Crippen LogP contribution < -0.4 is 164 Å². The second-order valence-electron chi connectivity index (χ2n) is 19.9. The highest BCUT2D eigenvalue weighted by Gasteiger charge is 2.33. The lowest BCUT2D eigenvalue weighted by atomic mass is 9.54. The molecule has 0 saturated heterocycles. The summed E-state index contributed by atoms with van der Waals surface area (Å²) in [5, 5.41) is 1.86. The molecule has 11 aromatic rings. The molecule has 80 heavy (non-hydrogen) atoms. The van der Waals surface area contributed by atoms with Crippen molar-refractivity contribution < 1.29 is 0 Å². The minimum absolute atomic E-state index is 0.0292. The maximum Gasteiger partial charge on any atom is 0.115 e. The molecule has 0 nitrogen and oxygen atoms in total. The van der Waals surface area contributed by atoms with Gasteiger partial charge in [0, 0.05) is 0 Å². The van der Waals surface area contributed by atoms with Gasteiger partial charge in [-0.05, 0) is 109 Å². The highest BCUT2D eigenvalue weighted by Crippen LogP contribution is 2.38. The lowest BCUT2D eigenvalue weighted by molar-refractivity contribution is 1.75. The van der Waals surface area contributed by atoms with Crippen LogP contribution >= 0.6 is 0 Å². The summed E-state index contributed by atoms with van der Waals surface area (Å²) in [7, 11) is 208. The third-order valence-corrected chi connectivity index (χ3v) is 16.2. The van der Waals surface area contributed by atoms with Crippen LogP contribution in [0.15, 0.2) is 0 Å². The standard InChI is InChI=1S/C50B30/c51-21-17(9-6-2-4-14(33(63)25(6)55)39(69)45(75)41(71)16(4)37(67)35(65)12(2)31(61)27(9)57)22(52)19(20-42(72)48(78)50(80)49(79)43(20)73)23(53)18(21)10-8(28(58)46(76)47(77)29(10)59)7-5-1-3-13(32(62)24(5)54)38(68)44(74)40(70)15(3)36(66)34(64)11(1)30(60)26(7)56. The van der Waals surface area contributed by atoms with Gasteiger partial charge in [0.2, 0.25) is 0 Å². The second kappa shape index (κ2) is 19.0. The first kappa shape index (κ1) is 57.3. The average Bonchev–Trinajstić information content (AvgIpc) is 2.48. The van der Waals surface area contributed by atoms with Gasteiger partial charge in [0.05, 0.1) is 0 Å². The van der Waals surface area contributed by atoms with Crippen molar-refractivity contribution >= 4 is 464 Å². The lowest BCUT2D eigenvalue weighted by Crippen LogP contribution is -2.56. The van der Waals surface area contributed by atoms with E-state index in [0.717, 1.165) is 0 Å². The zero-order valence-electron chi connectivity index (χ0n) is 42.3. The van der Waals surface area contributed by atoms with E-state index in [1.807, 2.05) is 0 Å². The summed E-state index contributed by atoms with van der Waals surface area (Å²) >= 11 is 0. The van der Waals surface area contributed by atoms with Gasteiger partial charge >= 0.3 is 0 Å². The number of rotatable bonds is 4. The number of hydrogen-bond acceptors (Lipinski definition) is 0. The monoisotopic (exact) mass is 930 g/mol. The minimum Gasteiger partial charge on any atom is -0.112 e. The largest absolute Gasteiger partial charge is 0.115 e. The molecule has 0 aromatic heterocycles. The molecule has 0 spiro atoms. The van der Waals surface area contributed by atoms with Crippen molar-refractivity contribution in [3.63, 3.8) is 0 Å². The summed E-state index contributed by atoms with van der Waals surface area (Å²) in [6.45, 7) is 0. The van der Waals surface area contributed by atoms with Crippen LogP contribution in [0.25, 0.3) is 109 Å². The highest BCUT2D eigenvalue weighted by atomic mass is 14.3. The van der Waals surface area contributed by atoms with E-state index in [9.17, 15) is 0 Å². The zero-order chi connectivity index (χ0) is 58.9. The highest BCUT2D eigenvalue weighted by molar-refractivity contribution is 6.79. The van der Waals surface area contributed by atoms with Crippen LogP contribution in [0.4, 0.5) is 0 Å². The molecule has 0 heterocycles. The van der Waals surface area contributed by atoms with Crippen LogP contribution in [0, 0.1) is 0 Å². The quantitative estimate of drug-likeness (QED) is 0.122. The van der Waals surface area contributed by atoms with Gasteiger partial charge in [-0.2, -0.15) is 0 Å². The smallest absolute Gasteiger partial charge is 0.112 e. The molecular weight excluding hydrogens is 925 g/mol. The molecule has 60 radical (unpaired) electrons. The van der Waals surface area contributed by atoms with E-state index in [-0.39, 0.29) is 273 Å². The van der Waals surface area contributed by atoms with Crippen molar-refractivity contribution in [2.24, 2.45) is 0 Å². The molecule has 0 aliphatic carbocycles. The van der Waals surface area contributed by atoms with Crippen molar-refractivity contribution in [3.05, 3.63) is 0 Å². The molecule has 290 valence electrons. The molecule has 0 atom stereocenters.